The van der Waals surface area contributed by atoms with Crippen LogP contribution in [-0.4, -0.2) is 16.1 Å². The number of nitrogens with zero attached hydrogens (tertiary/aromatic N) is 1. The lowest BCUT2D eigenvalue weighted by Crippen LogP contribution is -1.99. The van der Waals surface area contributed by atoms with Gasteiger partial charge < -0.3 is 13.9 Å². The van der Waals surface area contributed by atoms with E-state index in [9.17, 15) is 4.79 Å². The van der Waals surface area contributed by atoms with Crippen LogP contribution in [0, 0.1) is 6.92 Å². The molecule has 0 bridgehead atoms. The van der Waals surface area contributed by atoms with Crippen molar-refractivity contribution in [2.75, 3.05) is 0 Å². The van der Waals surface area contributed by atoms with Crippen LogP contribution in [0.2, 0.25) is 0 Å². The van der Waals surface area contributed by atoms with Gasteiger partial charge in [0.05, 0.1) is 18.4 Å². The predicted octanol–water partition coefficient (Wildman–Crippen LogP) is 1.87. The monoisotopic (exact) mass is 207 g/mol. The predicted molar refractivity (Wildman–Crippen MR) is 50.3 cm³/mol. The van der Waals surface area contributed by atoms with Crippen LogP contribution < -0.4 is 0 Å². The zero-order valence-corrected chi connectivity index (χ0v) is 8.06. The molecular formula is C10H9NO4. The van der Waals surface area contributed by atoms with Gasteiger partial charge in [-0.3, -0.25) is 4.79 Å². The smallest absolute Gasteiger partial charge is 0.307 e. The number of aromatic nitrogens is 1. The molecule has 0 atom stereocenters. The summed E-state index contributed by atoms with van der Waals surface area (Å²) in [6.07, 6.45) is 2.65. The van der Waals surface area contributed by atoms with Gasteiger partial charge in [-0.2, -0.15) is 0 Å². The quantitative estimate of drug-likeness (QED) is 0.831. The lowest BCUT2D eigenvalue weighted by Gasteiger charge is -1.96. The standard InChI is InChI=1S/C10H9NO4/c1-6-9(15-5-11-6)10-7(2-3-14-10)4-8(12)13/h2-3,5H,4H2,1H3,(H,12,13). The molecule has 2 aromatic heterocycles. The molecular weight excluding hydrogens is 198 g/mol. The summed E-state index contributed by atoms with van der Waals surface area (Å²) >= 11 is 0. The Bertz CT molecular complexity index is 483. The van der Waals surface area contributed by atoms with Gasteiger partial charge in [0.2, 0.25) is 0 Å². The van der Waals surface area contributed by atoms with Crippen molar-refractivity contribution in [2.45, 2.75) is 13.3 Å². The summed E-state index contributed by atoms with van der Waals surface area (Å²) in [4.78, 5) is 14.5. The fraction of sp³-hybridized carbons (Fsp3) is 0.200. The summed E-state index contributed by atoms with van der Waals surface area (Å²) in [5.74, 6) is 0.0125. The first-order valence-electron chi connectivity index (χ1n) is 4.37. The van der Waals surface area contributed by atoms with Crippen molar-refractivity contribution in [3.05, 3.63) is 30.0 Å². The molecule has 0 saturated heterocycles. The third-order valence-electron chi connectivity index (χ3n) is 2.04. The number of furan rings is 1. The van der Waals surface area contributed by atoms with Gasteiger partial charge >= 0.3 is 5.97 Å². The maximum absolute atomic E-state index is 10.6. The van der Waals surface area contributed by atoms with Crippen LogP contribution in [0.4, 0.5) is 0 Å². The van der Waals surface area contributed by atoms with E-state index in [0.717, 1.165) is 0 Å². The SMILES string of the molecule is Cc1ncoc1-c1occc1CC(=O)O. The summed E-state index contributed by atoms with van der Waals surface area (Å²) in [7, 11) is 0. The van der Waals surface area contributed by atoms with Crippen LogP contribution in [0.1, 0.15) is 11.3 Å². The fourth-order valence-corrected chi connectivity index (χ4v) is 1.36. The highest BCUT2D eigenvalue weighted by molar-refractivity contribution is 5.73. The van der Waals surface area contributed by atoms with Crippen LogP contribution in [0.25, 0.3) is 11.5 Å². The van der Waals surface area contributed by atoms with Crippen LogP contribution >= 0.6 is 0 Å². The average molecular weight is 207 g/mol. The summed E-state index contributed by atoms with van der Waals surface area (Å²) in [5.41, 5.74) is 1.26. The minimum Gasteiger partial charge on any atom is -0.481 e. The number of aliphatic carboxylic acids is 1. The molecule has 2 heterocycles. The van der Waals surface area contributed by atoms with Gasteiger partial charge in [0.15, 0.2) is 17.9 Å². The molecule has 0 saturated carbocycles. The third-order valence-corrected chi connectivity index (χ3v) is 2.04. The highest BCUT2D eigenvalue weighted by Crippen LogP contribution is 2.27. The van der Waals surface area contributed by atoms with Crippen LogP contribution in [-0.2, 0) is 11.2 Å². The van der Waals surface area contributed by atoms with E-state index in [4.69, 9.17) is 13.9 Å². The van der Waals surface area contributed by atoms with Crippen molar-refractivity contribution >= 4 is 5.97 Å². The molecule has 1 N–H and O–H groups in total. The van der Waals surface area contributed by atoms with E-state index in [0.29, 0.717) is 22.8 Å². The van der Waals surface area contributed by atoms with E-state index >= 15 is 0 Å². The lowest BCUT2D eigenvalue weighted by molar-refractivity contribution is -0.136. The molecule has 0 radical (unpaired) electrons. The van der Waals surface area contributed by atoms with Crippen LogP contribution in [0.3, 0.4) is 0 Å². The molecule has 0 aliphatic heterocycles. The fourth-order valence-electron chi connectivity index (χ4n) is 1.36. The first-order chi connectivity index (χ1) is 7.18. The maximum atomic E-state index is 10.6. The molecule has 0 aromatic carbocycles. The largest absolute Gasteiger partial charge is 0.481 e. The first kappa shape index (κ1) is 9.51. The van der Waals surface area contributed by atoms with E-state index in [1.54, 1.807) is 13.0 Å². The maximum Gasteiger partial charge on any atom is 0.307 e. The first-order valence-corrected chi connectivity index (χ1v) is 4.37. The average Bonchev–Trinajstić information content (AvgIpc) is 2.73. The van der Waals surface area contributed by atoms with Gasteiger partial charge in [-0.15, -0.1) is 0 Å². The number of oxazole rings is 1. The van der Waals surface area contributed by atoms with Gasteiger partial charge in [-0.05, 0) is 13.0 Å². The van der Waals surface area contributed by atoms with Crippen LogP contribution in [0.5, 0.6) is 0 Å². The Kier molecular flexibility index (Phi) is 2.29. The molecule has 2 aromatic rings. The number of hydrogen-bond donors (Lipinski definition) is 1. The van der Waals surface area contributed by atoms with Crippen molar-refractivity contribution < 1.29 is 18.7 Å². The van der Waals surface area contributed by atoms with Crippen molar-refractivity contribution in [3.8, 4) is 11.5 Å². The van der Waals surface area contributed by atoms with Gasteiger partial charge in [0.1, 0.15) is 0 Å². The minimum atomic E-state index is -0.908. The highest BCUT2D eigenvalue weighted by Gasteiger charge is 2.17. The van der Waals surface area contributed by atoms with E-state index in [-0.39, 0.29) is 6.42 Å². The summed E-state index contributed by atoms with van der Waals surface area (Å²) in [5, 5.41) is 8.69. The summed E-state index contributed by atoms with van der Waals surface area (Å²) < 4.78 is 10.3. The molecule has 5 nitrogen and oxygen atoms in total. The number of aryl methyl sites for hydroxylation is 1. The van der Waals surface area contributed by atoms with E-state index < -0.39 is 5.97 Å². The van der Waals surface area contributed by atoms with Crippen molar-refractivity contribution in [1.29, 1.82) is 0 Å². The number of carbonyl (C=O) groups is 1. The second-order valence-corrected chi connectivity index (χ2v) is 3.11. The molecule has 0 fully saturated rings. The van der Waals surface area contributed by atoms with Gasteiger partial charge in [0, 0.05) is 5.56 Å². The van der Waals surface area contributed by atoms with Crippen LogP contribution in [0.15, 0.2) is 27.6 Å². The van der Waals surface area contributed by atoms with E-state index in [1.165, 1.54) is 12.7 Å². The highest BCUT2D eigenvalue weighted by atomic mass is 16.4. The third kappa shape index (κ3) is 1.76. The Labute approximate surface area is 85.3 Å². The Balaban J connectivity index is 2.41. The second kappa shape index (κ2) is 3.61. The Morgan fingerprint density at radius 1 is 1.47 bits per heavy atom. The Hall–Kier alpha value is -2.04. The summed E-state index contributed by atoms with van der Waals surface area (Å²) in [6, 6.07) is 1.62. The topological polar surface area (TPSA) is 76.5 Å². The molecule has 2 rings (SSSR count). The molecule has 15 heavy (non-hydrogen) atoms. The normalized spacial score (nSPS) is 10.5. The summed E-state index contributed by atoms with van der Waals surface area (Å²) in [6.45, 7) is 1.77. The van der Waals surface area contributed by atoms with Gasteiger partial charge in [-0.25, -0.2) is 4.98 Å². The molecule has 5 heteroatoms. The number of carboxylic acid groups (broad SMARTS) is 1. The molecule has 0 aliphatic rings. The van der Waals surface area contributed by atoms with Gasteiger partial charge in [-0.1, -0.05) is 0 Å². The van der Waals surface area contributed by atoms with Crippen molar-refractivity contribution in [1.82, 2.24) is 4.98 Å². The molecule has 0 aliphatic carbocycles. The van der Waals surface area contributed by atoms with Crippen molar-refractivity contribution in [3.63, 3.8) is 0 Å². The zero-order chi connectivity index (χ0) is 10.8. The number of carboxylic acids is 1. The molecule has 0 amide bonds. The second-order valence-electron chi connectivity index (χ2n) is 3.11. The molecule has 78 valence electrons. The Morgan fingerprint density at radius 2 is 2.27 bits per heavy atom. The zero-order valence-electron chi connectivity index (χ0n) is 8.06. The van der Waals surface area contributed by atoms with E-state index in [2.05, 4.69) is 4.98 Å². The Morgan fingerprint density at radius 3 is 2.87 bits per heavy atom. The lowest BCUT2D eigenvalue weighted by atomic mass is 10.1. The number of hydrogen-bond acceptors (Lipinski definition) is 4. The van der Waals surface area contributed by atoms with Crippen molar-refractivity contribution in [2.24, 2.45) is 0 Å². The minimum absolute atomic E-state index is 0.0913. The van der Waals surface area contributed by atoms with E-state index in [1.807, 2.05) is 0 Å². The molecule has 0 spiro atoms. The van der Waals surface area contributed by atoms with Gasteiger partial charge in [0.25, 0.3) is 0 Å². The number of rotatable bonds is 3. The molecule has 0 unspecified atom stereocenters.